The van der Waals surface area contributed by atoms with Crippen LogP contribution in [0.4, 0.5) is 0 Å². The number of aliphatic hydroxyl groups excluding tert-OH is 2. The largest absolute Gasteiger partial charge is 0.393 e. The second kappa shape index (κ2) is 3.35. The number of fused-ring (bicyclic) bond motifs is 1. The fraction of sp³-hybridized carbons (Fsp3) is 1.00. The van der Waals surface area contributed by atoms with E-state index in [0.29, 0.717) is 11.8 Å². The molecule has 2 rings (SSSR count). The first-order valence-electron chi connectivity index (χ1n) is 5.15. The van der Waals surface area contributed by atoms with E-state index in [9.17, 15) is 10.2 Å². The number of hydrogen-bond acceptors (Lipinski definition) is 2. The molecular weight excluding hydrogens is 152 g/mol. The molecule has 0 saturated heterocycles. The zero-order valence-corrected chi connectivity index (χ0v) is 7.45. The first kappa shape index (κ1) is 8.52. The molecule has 4 atom stereocenters. The van der Waals surface area contributed by atoms with E-state index >= 15 is 0 Å². The molecule has 0 spiro atoms. The molecule has 0 radical (unpaired) electrons. The minimum absolute atomic E-state index is 0.126. The summed E-state index contributed by atoms with van der Waals surface area (Å²) in [7, 11) is 0. The summed E-state index contributed by atoms with van der Waals surface area (Å²) in [4.78, 5) is 0. The molecule has 0 aromatic heterocycles. The molecule has 2 heteroatoms. The van der Waals surface area contributed by atoms with Crippen LogP contribution >= 0.6 is 0 Å². The standard InChI is InChI=1S/C10H18O2/c11-9-5-1-3-7-8(9)4-2-6-10(7)12/h7-12H,1-6H2/t7-,8-,9-,10+/m1/s1. The molecule has 2 fully saturated rings. The average Bonchev–Trinajstić information content (AvgIpc) is 2.07. The first-order valence-corrected chi connectivity index (χ1v) is 5.15. The summed E-state index contributed by atoms with van der Waals surface area (Å²) in [5, 5.41) is 19.4. The lowest BCUT2D eigenvalue weighted by atomic mass is 9.68. The van der Waals surface area contributed by atoms with E-state index in [2.05, 4.69) is 0 Å². The maximum absolute atomic E-state index is 9.71. The van der Waals surface area contributed by atoms with Crippen LogP contribution in [0.5, 0.6) is 0 Å². The Balaban J connectivity index is 2.05. The Kier molecular flexibility index (Phi) is 2.37. The van der Waals surface area contributed by atoms with Gasteiger partial charge in [0.1, 0.15) is 0 Å². The van der Waals surface area contributed by atoms with Crippen LogP contribution in [-0.2, 0) is 0 Å². The van der Waals surface area contributed by atoms with Crippen molar-refractivity contribution < 1.29 is 10.2 Å². The van der Waals surface area contributed by atoms with Crippen molar-refractivity contribution in [1.29, 1.82) is 0 Å². The summed E-state index contributed by atoms with van der Waals surface area (Å²) in [6.45, 7) is 0. The third-order valence-corrected chi connectivity index (χ3v) is 3.61. The number of aliphatic hydroxyl groups is 2. The molecule has 0 heterocycles. The highest BCUT2D eigenvalue weighted by Crippen LogP contribution is 2.40. The van der Waals surface area contributed by atoms with Gasteiger partial charge in [0.25, 0.3) is 0 Å². The van der Waals surface area contributed by atoms with Crippen LogP contribution in [-0.4, -0.2) is 22.4 Å². The average molecular weight is 170 g/mol. The lowest BCUT2D eigenvalue weighted by Gasteiger charge is -2.41. The predicted octanol–water partition coefficient (Wildman–Crippen LogP) is 1.31. The Labute approximate surface area is 73.6 Å². The van der Waals surface area contributed by atoms with Gasteiger partial charge in [-0.05, 0) is 37.5 Å². The Bertz CT molecular complexity index is 140. The summed E-state index contributed by atoms with van der Waals surface area (Å²) in [6.07, 6.45) is 6.10. The van der Waals surface area contributed by atoms with Gasteiger partial charge in [-0.25, -0.2) is 0 Å². The van der Waals surface area contributed by atoms with Gasteiger partial charge in [-0.3, -0.25) is 0 Å². The predicted molar refractivity (Wildman–Crippen MR) is 46.7 cm³/mol. The van der Waals surface area contributed by atoms with E-state index in [4.69, 9.17) is 0 Å². The molecule has 12 heavy (non-hydrogen) atoms. The van der Waals surface area contributed by atoms with Gasteiger partial charge in [-0.15, -0.1) is 0 Å². The van der Waals surface area contributed by atoms with Gasteiger partial charge in [0.05, 0.1) is 12.2 Å². The SMILES string of the molecule is O[C@@H]1CCC[C@@H]2[C@H]1CCC[C@@H]2O. The molecule has 2 saturated carbocycles. The normalized spacial score (nSPS) is 48.5. The van der Waals surface area contributed by atoms with Gasteiger partial charge in [-0.2, -0.15) is 0 Å². The van der Waals surface area contributed by atoms with Crippen LogP contribution in [0.3, 0.4) is 0 Å². The molecule has 0 aromatic rings. The van der Waals surface area contributed by atoms with Gasteiger partial charge >= 0.3 is 0 Å². The minimum Gasteiger partial charge on any atom is -0.393 e. The van der Waals surface area contributed by atoms with Gasteiger partial charge < -0.3 is 10.2 Å². The molecule has 0 aliphatic heterocycles. The fourth-order valence-electron chi connectivity index (χ4n) is 2.94. The molecule has 0 unspecified atom stereocenters. The van der Waals surface area contributed by atoms with Crippen molar-refractivity contribution in [3.63, 3.8) is 0 Å². The van der Waals surface area contributed by atoms with E-state index in [-0.39, 0.29) is 12.2 Å². The Hall–Kier alpha value is -0.0800. The van der Waals surface area contributed by atoms with Gasteiger partial charge in [0, 0.05) is 0 Å². The number of hydrogen-bond donors (Lipinski definition) is 2. The summed E-state index contributed by atoms with van der Waals surface area (Å²) in [6, 6.07) is 0. The first-order chi connectivity index (χ1) is 5.79. The fourth-order valence-corrected chi connectivity index (χ4v) is 2.94. The third-order valence-electron chi connectivity index (χ3n) is 3.61. The van der Waals surface area contributed by atoms with Gasteiger partial charge in [-0.1, -0.05) is 12.8 Å². The van der Waals surface area contributed by atoms with Gasteiger partial charge in [0.2, 0.25) is 0 Å². The summed E-state index contributed by atoms with van der Waals surface area (Å²) < 4.78 is 0. The molecule has 2 aliphatic carbocycles. The smallest absolute Gasteiger partial charge is 0.0572 e. The van der Waals surface area contributed by atoms with E-state index in [1.807, 2.05) is 0 Å². The summed E-state index contributed by atoms with van der Waals surface area (Å²) in [5.74, 6) is 0.810. The van der Waals surface area contributed by atoms with E-state index < -0.39 is 0 Å². The van der Waals surface area contributed by atoms with Crippen LogP contribution in [0, 0.1) is 11.8 Å². The van der Waals surface area contributed by atoms with Crippen LogP contribution in [0.2, 0.25) is 0 Å². The topological polar surface area (TPSA) is 40.5 Å². The Morgan fingerprint density at radius 2 is 1.08 bits per heavy atom. The van der Waals surface area contributed by atoms with Crippen molar-refractivity contribution in [1.82, 2.24) is 0 Å². The maximum atomic E-state index is 9.71. The third kappa shape index (κ3) is 1.38. The molecule has 2 N–H and O–H groups in total. The lowest BCUT2D eigenvalue weighted by molar-refractivity contribution is -0.0529. The minimum atomic E-state index is -0.126. The molecular formula is C10H18O2. The second-order valence-corrected chi connectivity index (χ2v) is 4.32. The highest BCUT2D eigenvalue weighted by Gasteiger charge is 2.38. The van der Waals surface area contributed by atoms with E-state index in [1.165, 1.54) is 0 Å². The molecule has 70 valence electrons. The molecule has 2 aliphatic rings. The van der Waals surface area contributed by atoms with Crippen LogP contribution in [0.25, 0.3) is 0 Å². The zero-order valence-electron chi connectivity index (χ0n) is 7.45. The summed E-state index contributed by atoms with van der Waals surface area (Å²) >= 11 is 0. The summed E-state index contributed by atoms with van der Waals surface area (Å²) in [5.41, 5.74) is 0. The van der Waals surface area contributed by atoms with Crippen molar-refractivity contribution in [2.45, 2.75) is 50.7 Å². The van der Waals surface area contributed by atoms with E-state index in [1.54, 1.807) is 0 Å². The van der Waals surface area contributed by atoms with Crippen molar-refractivity contribution in [2.75, 3.05) is 0 Å². The monoisotopic (exact) mass is 170 g/mol. The van der Waals surface area contributed by atoms with Crippen LogP contribution in [0.15, 0.2) is 0 Å². The quantitative estimate of drug-likeness (QED) is 0.575. The molecule has 2 nitrogen and oxygen atoms in total. The van der Waals surface area contributed by atoms with Crippen LogP contribution in [0.1, 0.15) is 38.5 Å². The van der Waals surface area contributed by atoms with Crippen molar-refractivity contribution in [3.05, 3.63) is 0 Å². The highest BCUT2D eigenvalue weighted by molar-refractivity contribution is 4.89. The van der Waals surface area contributed by atoms with Crippen molar-refractivity contribution in [3.8, 4) is 0 Å². The highest BCUT2D eigenvalue weighted by atomic mass is 16.3. The van der Waals surface area contributed by atoms with Crippen molar-refractivity contribution in [2.24, 2.45) is 11.8 Å². The second-order valence-electron chi connectivity index (χ2n) is 4.32. The lowest BCUT2D eigenvalue weighted by Crippen LogP contribution is -2.41. The molecule has 0 amide bonds. The van der Waals surface area contributed by atoms with Crippen molar-refractivity contribution >= 4 is 0 Å². The zero-order chi connectivity index (χ0) is 8.55. The maximum Gasteiger partial charge on any atom is 0.0572 e. The Morgan fingerprint density at radius 1 is 0.667 bits per heavy atom. The number of rotatable bonds is 0. The van der Waals surface area contributed by atoms with Gasteiger partial charge in [0.15, 0.2) is 0 Å². The van der Waals surface area contributed by atoms with E-state index in [0.717, 1.165) is 38.5 Å². The Morgan fingerprint density at radius 3 is 1.50 bits per heavy atom. The molecule has 0 aromatic carbocycles. The molecule has 0 bridgehead atoms. The van der Waals surface area contributed by atoms with Crippen LogP contribution < -0.4 is 0 Å².